The minimum absolute atomic E-state index is 0.189. The van der Waals surface area contributed by atoms with Crippen LogP contribution in [0, 0.1) is 0 Å². The third-order valence-electron chi connectivity index (χ3n) is 2.79. The van der Waals surface area contributed by atoms with Gasteiger partial charge >= 0.3 is 5.97 Å². The van der Waals surface area contributed by atoms with Crippen molar-refractivity contribution in [3.05, 3.63) is 22.4 Å². The van der Waals surface area contributed by atoms with E-state index in [2.05, 4.69) is 0 Å². The number of nitrogens with zero attached hydrogens (tertiary/aromatic N) is 1. The first kappa shape index (κ1) is 12.5. The van der Waals surface area contributed by atoms with Crippen LogP contribution in [0.3, 0.4) is 0 Å². The van der Waals surface area contributed by atoms with E-state index in [0.717, 1.165) is 18.4 Å². The minimum atomic E-state index is -3.70. The van der Waals surface area contributed by atoms with Crippen molar-refractivity contribution < 1.29 is 18.3 Å². The molecular weight excluding hydrogens is 262 g/mol. The van der Waals surface area contributed by atoms with Gasteiger partial charge in [0.1, 0.15) is 0 Å². The van der Waals surface area contributed by atoms with Crippen LogP contribution in [-0.4, -0.2) is 36.1 Å². The quantitative estimate of drug-likeness (QED) is 0.898. The fourth-order valence-corrected chi connectivity index (χ4v) is 4.32. The molecule has 17 heavy (non-hydrogen) atoms. The van der Waals surface area contributed by atoms with Crippen molar-refractivity contribution in [1.82, 2.24) is 4.31 Å². The Balaban J connectivity index is 2.23. The van der Waals surface area contributed by atoms with Crippen LogP contribution in [0.25, 0.3) is 0 Å². The van der Waals surface area contributed by atoms with Gasteiger partial charge in [0, 0.05) is 6.54 Å². The number of hydrogen-bond acceptors (Lipinski definition) is 4. The monoisotopic (exact) mass is 275 g/mol. The average molecular weight is 275 g/mol. The third-order valence-corrected chi connectivity index (χ3v) is 5.26. The van der Waals surface area contributed by atoms with E-state index in [0.29, 0.717) is 6.54 Å². The van der Waals surface area contributed by atoms with E-state index in [9.17, 15) is 13.2 Å². The molecule has 2 rings (SSSR count). The van der Waals surface area contributed by atoms with Gasteiger partial charge in [-0.15, -0.1) is 0 Å². The Kier molecular flexibility index (Phi) is 3.50. The van der Waals surface area contributed by atoms with E-state index in [4.69, 9.17) is 5.11 Å². The van der Waals surface area contributed by atoms with Crippen molar-refractivity contribution in [2.45, 2.75) is 18.9 Å². The summed E-state index contributed by atoms with van der Waals surface area (Å²) >= 11 is 1.52. The van der Waals surface area contributed by atoms with E-state index < -0.39 is 21.7 Å². The van der Waals surface area contributed by atoms with E-state index in [1.807, 2.05) is 16.8 Å². The number of aliphatic carboxylic acids is 1. The molecular formula is C10H13NO4S2. The molecule has 1 aliphatic rings. The summed E-state index contributed by atoms with van der Waals surface area (Å²) in [6.45, 7) is 0.413. The summed E-state index contributed by atoms with van der Waals surface area (Å²) in [7, 11) is -3.70. The second kappa shape index (κ2) is 4.75. The topological polar surface area (TPSA) is 74.7 Å². The SMILES string of the molecule is O=C(O)CS(=O)(=O)N1CCCC1c1ccsc1. The lowest BCUT2D eigenvalue weighted by molar-refractivity contribution is -0.134. The molecule has 0 saturated carbocycles. The summed E-state index contributed by atoms with van der Waals surface area (Å²) in [6, 6.07) is 1.70. The Morgan fingerprint density at radius 3 is 2.94 bits per heavy atom. The zero-order chi connectivity index (χ0) is 12.5. The minimum Gasteiger partial charge on any atom is -0.480 e. The van der Waals surface area contributed by atoms with Gasteiger partial charge in [0.15, 0.2) is 5.75 Å². The van der Waals surface area contributed by atoms with E-state index in [1.54, 1.807) is 0 Å². The average Bonchev–Trinajstić information content (AvgIpc) is 2.86. The van der Waals surface area contributed by atoms with Crippen LogP contribution in [0.5, 0.6) is 0 Å². The number of carbonyl (C=O) groups is 1. The van der Waals surface area contributed by atoms with Gasteiger partial charge in [-0.3, -0.25) is 4.79 Å². The maximum Gasteiger partial charge on any atom is 0.320 e. The smallest absolute Gasteiger partial charge is 0.320 e. The number of sulfonamides is 1. The number of thiophene rings is 1. The van der Waals surface area contributed by atoms with Crippen LogP contribution in [0.4, 0.5) is 0 Å². The Morgan fingerprint density at radius 1 is 1.59 bits per heavy atom. The normalized spacial score (nSPS) is 21.8. The fourth-order valence-electron chi connectivity index (χ4n) is 2.11. The van der Waals surface area contributed by atoms with Gasteiger partial charge < -0.3 is 5.11 Å². The zero-order valence-electron chi connectivity index (χ0n) is 9.07. The molecule has 1 unspecified atom stereocenters. The van der Waals surface area contributed by atoms with Crippen LogP contribution >= 0.6 is 11.3 Å². The first-order valence-electron chi connectivity index (χ1n) is 5.24. The highest BCUT2D eigenvalue weighted by atomic mass is 32.2. The van der Waals surface area contributed by atoms with Gasteiger partial charge in [-0.05, 0) is 35.2 Å². The first-order valence-corrected chi connectivity index (χ1v) is 7.79. The van der Waals surface area contributed by atoms with Gasteiger partial charge in [-0.2, -0.15) is 15.6 Å². The predicted octanol–water partition coefficient (Wildman–Crippen LogP) is 1.30. The lowest BCUT2D eigenvalue weighted by Crippen LogP contribution is -2.34. The van der Waals surface area contributed by atoms with Gasteiger partial charge in [-0.1, -0.05) is 0 Å². The van der Waals surface area contributed by atoms with Crippen molar-refractivity contribution in [2.24, 2.45) is 0 Å². The molecule has 0 aliphatic carbocycles. The molecule has 1 N–H and O–H groups in total. The van der Waals surface area contributed by atoms with Crippen molar-refractivity contribution >= 4 is 27.3 Å². The second-order valence-corrected chi connectivity index (χ2v) is 6.68. The summed E-state index contributed by atoms with van der Waals surface area (Å²) in [5, 5.41) is 12.4. The number of carboxylic acid groups (broad SMARTS) is 1. The van der Waals surface area contributed by atoms with Crippen LogP contribution in [0.2, 0.25) is 0 Å². The largest absolute Gasteiger partial charge is 0.480 e. The van der Waals surface area contributed by atoms with Crippen molar-refractivity contribution in [2.75, 3.05) is 12.3 Å². The van der Waals surface area contributed by atoms with Crippen molar-refractivity contribution in [3.8, 4) is 0 Å². The molecule has 0 aromatic carbocycles. The second-order valence-electron chi connectivity index (χ2n) is 3.98. The molecule has 2 heterocycles. The standard InChI is InChI=1S/C10H13NO4S2/c12-10(13)7-17(14,15)11-4-1-2-9(11)8-3-5-16-6-8/h3,5-6,9H,1-2,4,7H2,(H,12,13). The van der Waals surface area contributed by atoms with Gasteiger partial charge in [0.05, 0.1) is 6.04 Å². The summed E-state index contributed by atoms with van der Waals surface area (Å²) in [6.07, 6.45) is 1.54. The molecule has 1 fully saturated rings. The lowest BCUT2D eigenvalue weighted by atomic mass is 10.1. The maximum atomic E-state index is 11.9. The highest BCUT2D eigenvalue weighted by Gasteiger charge is 2.36. The molecule has 1 atom stereocenters. The van der Waals surface area contributed by atoms with E-state index >= 15 is 0 Å². The highest BCUT2D eigenvalue weighted by molar-refractivity contribution is 7.89. The van der Waals surface area contributed by atoms with Crippen LogP contribution in [-0.2, 0) is 14.8 Å². The molecule has 0 bridgehead atoms. The summed E-state index contributed by atoms with van der Waals surface area (Å²) in [4.78, 5) is 10.6. The van der Waals surface area contributed by atoms with E-state index in [-0.39, 0.29) is 6.04 Å². The lowest BCUT2D eigenvalue weighted by Gasteiger charge is -2.22. The molecule has 0 spiro atoms. The first-order chi connectivity index (χ1) is 8.00. The number of rotatable bonds is 4. The molecule has 1 aromatic heterocycles. The molecule has 94 valence electrons. The third kappa shape index (κ3) is 2.67. The van der Waals surface area contributed by atoms with Gasteiger partial charge in [-0.25, -0.2) is 8.42 Å². The summed E-state index contributed by atoms with van der Waals surface area (Å²) in [5.41, 5.74) is 0.960. The molecule has 5 nitrogen and oxygen atoms in total. The Morgan fingerprint density at radius 2 is 2.35 bits per heavy atom. The molecule has 1 aromatic rings. The molecule has 0 amide bonds. The van der Waals surface area contributed by atoms with Crippen molar-refractivity contribution in [1.29, 1.82) is 0 Å². The highest BCUT2D eigenvalue weighted by Crippen LogP contribution is 2.35. The Labute approximate surface area is 104 Å². The molecule has 1 aliphatic heterocycles. The Hall–Kier alpha value is -0.920. The fraction of sp³-hybridized carbons (Fsp3) is 0.500. The molecule has 1 saturated heterocycles. The number of hydrogen-bond donors (Lipinski definition) is 1. The predicted molar refractivity (Wildman–Crippen MR) is 64.4 cm³/mol. The number of carboxylic acids is 1. The summed E-state index contributed by atoms with van der Waals surface area (Å²) in [5.74, 6) is -2.13. The maximum absolute atomic E-state index is 11.9. The van der Waals surface area contributed by atoms with E-state index in [1.165, 1.54) is 15.6 Å². The van der Waals surface area contributed by atoms with Crippen LogP contribution < -0.4 is 0 Å². The van der Waals surface area contributed by atoms with Gasteiger partial charge in [0.2, 0.25) is 10.0 Å². The van der Waals surface area contributed by atoms with Crippen LogP contribution in [0.1, 0.15) is 24.4 Å². The molecule has 7 heteroatoms. The van der Waals surface area contributed by atoms with Crippen molar-refractivity contribution in [3.63, 3.8) is 0 Å². The summed E-state index contributed by atoms with van der Waals surface area (Å²) < 4.78 is 25.1. The van der Waals surface area contributed by atoms with Crippen LogP contribution in [0.15, 0.2) is 16.8 Å². The van der Waals surface area contributed by atoms with Gasteiger partial charge in [0.25, 0.3) is 0 Å². The molecule has 0 radical (unpaired) electrons. The zero-order valence-corrected chi connectivity index (χ0v) is 10.7. The Bertz CT molecular complexity index is 494.